The third-order valence-corrected chi connectivity index (χ3v) is 3.17. The van der Waals surface area contributed by atoms with Crippen LogP contribution < -0.4 is 0 Å². The van der Waals surface area contributed by atoms with Gasteiger partial charge in [-0.3, -0.25) is 9.59 Å². The first-order chi connectivity index (χ1) is 7.14. The molecule has 0 aliphatic heterocycles. The molecule has 1 N–H and O–H groups in total. The molecule has 0 spiro atoms. The number of carbonyl (C=O) groups is 2. The third kappa shape index (κ3) is 5.89. The monoisotopic (exact) mass is 228 g/mol. The summed E-state index contributed by atoms with van der Waals surface area (Å²) in [5, 5.41) is 7.42. The quantitative estimate of drug-likeness (QED) is 0.693. The van der Waals surface area contributed by atoms with Crippen LogP contribution in [0.5, 0.6) is 0 Å². The van der Waals surface area contributed by atoms with Crippen LogP contribution in [0.4, 0.5) is 0 Å². The zero-order chi connectivity index (χ0) is 12.9. The fourth-order valence-electron chi connectivity index (χ4n) is 1.90. The summed E-state index contributed by atoms with van der Waals surface area (Å²) in [4.78, 5) is 20.5. The average Bonchev–Trinajstić information content (AvgIpc) is 2.06. The molecule has 0 saturated heterocycles. The lowest BCUT2D eigenvalue weighted by molar-refractivity contribution is -0.134. The molecule has 2 atom stereocenters. The average molecular weight is 228 g/mol. The number of carbonyl (C=O) groups excluding carboxylic acids is 1. The molecule has 3 heteroatoms. The first-order valence-electron chi connectivity index (χ1n) is 5.86. The van der Waals surface area contributed by atoms with E-state index in [2.05, 4.69) is 27.7 Å². The summed E-state index contributed by atoms with van der Waals surface area (Å²) in [7, 11) is 0. The van der Waals surface area contributed by atoms with Crippen LogP contribution in [0.2, 0.25) is 0 Å². The van der Waals surface area contributed by atoms with Crippen molar-refractivity contribution in [2.75, 3.05) is 0 Å². The minimum atomic E-state index is -0.833. The Bertz CT molecular complexity index is 246. The molecular formula is C13H24O3. The van der Waals surface area contributed by atoms with Crippen molar-refractivity contribution in [3.05, 3.63) is 0 Å². The lowest BCUT2D eigenvalue weighted by Crippen LogP contribution is -2.30. The van der Waals surface area contributed by atoms with E-state index in [-0.39, 0.29) is 0 Å². The minimum absolute atomic E-state index is 0.315. The van der Waals surface area contributed by atoms with E-state index in [1.165, 1.54) is 6.42 Å². The van der Waals surface area contributed by atoms with Crippen molar-refractivity contribution >= 4 is 11.8 Å². The van der Waals surface area contributed by atoms with Gasteiger partial charge in [0.2, 0.25) is 0 Å². The predicted molar refractivity (Wildman–Crippen MR) is 64.3 cm³/mol. The highest BCUT2D eigenvalue weighted by molar-refractivity contribution is 5.81. The first kappa shape index (κ1) is 15.1. The molecule has 1 aliphatic rings. The standard InChI is InChI=1S/C11H20O.C2H4O2/c1-8-5-6-9(7-10(8)12)11(2,3)4;1-2(3)4/h8-9H,5-7H2,1-4H3;1H3,(H,3,4). The van der Waals surface area contributed by atoms with Gasteiger partial charge in [0, 0.05) is 19.3 Å². The fourth-order valence-corrected chi connectivity index (χ4v) is 1.90. The van der Waals surface area contributed by atoms with Crippen LogP contribution >= 0.6 is 0 Å². The molecule has 0 amide bonds. The summed E-state index contributed by atoms with van der Waals surface area (Å²) in [5.74, 6) is 0.575. The molecular weight excluding hydrogens is 204 g/mol. The molecule has 94 valence electrons. The number of aliphatic carboxylic acids is 1. The van der Waals surface area contributed by atoms with Crippen molar-refractivity contribution in [1.82, 2.24) is 0 Å². The van der Waals surface area contributed by atoms with Crippen LogP contribution in [0.1, 0.15) is 53.9 Å². The highest BCUT2D eigenvalue weighted by Crippen LogP contribution is 2.37. The number of carboxylic acids is 1. The van der Waals surface area contributed by atoms with E-state index < -0.39 is 5.97 Å². The molecule has 1 saturated carbocycles. The van der Waals surface area contributed by atoms with Gasteiger partial charge in [0.25, 0.3) is 5.97 Å². The Labute approximate surface area is 98.2 Å². The van der Waals surface area contributed by atoms with Gasteiger partial charge in [0.05, 0.1) is 0 Å². The van der Waals surface area contributed by atoms with Gasteiger partial charge in [-0.25, -0.2) is 0 Å². The Morgan fingerprint density at radius 1 is 1.31 bits per heavy atom. The molecule has 0 aromatic heterocycles. The molecule has 0 aromatic carbocycles. The number of hydrogen-bond donors (Lipinski definition) is 1. The summed E-state index contributed by atoms with van der Waals surface area (Å²) < 4.78 is 0. The maximum Gasteiger partial charge on any atom is 0.300 e. The van der Waals surface area contributed by atoms with Crippen molar-refractivity contribution in [3.63, 3.8) is 0 Å². The van der Waals surface area contributed by atoms with Gasteiger partial charge in [0.15, 0.2) is 0 Å². The second-order valence-electron chi connectivity index (χ2n) is 5.73. The fraction of sp³-hybridized carbons (Fsp3) is 0.846. The highest BCUT2D eigenvalue weighted by Gasteiger charge is 2.32. The van der Waals surface area contributed by atoms with E-state index in [1.807, 2.05) is 0 Å². The minimum Gasteiger partial charge on any atom is -0.481 e. The second-order valence-corrected chi connectivity index (χ2v) is 5.73. The lowest BCUT2D eigenvalue weighted by Gasteiger charge is -2.35. The van der Waals surface area contributed by atoms with E-state index in [1.54, 1.807) is 0 Å². The molecule has 0 bridgehead atoms. The summed E-state index contributed by atoms with van der Waals surface area (Å²) >= 11 is 0. The van der Waals surface area contributed by atoms with E-state index in [9.17, 15) is 4.79 Å². The van der Waals surface area contributed by atoms with Gasteiger partial charge in [-0.15, -0.1) is 0 Å². The lowest BCUT2D eigenvalue weighted by atomic mass is 9.70. The van der Waals surface area contributed by atoms with Crippen LogP contribution in [0.3, 0.4) is 0 Å². The Balaban J connectivity index is 0.000000487. The molecule has 0 heterocycles. The smallest absolute Gasteiger partial charge is 0.300 e. The molecule has 16 heavy (non-hydrogen) atoms. The summed E-state index contributed by atoms with van der Waals surface area (Å²) in [6.45, 7) is 9.85. The molecule has 1 rings (SSSR count). The Morgan fingerprint density at radius 2 is 1.75 bits per heavy atom. The molecule has 3 nitrogen and oxygen atoms in total. The van der Waals surface area contributed by atoms with Crippen molar-refractivity contribution in [3.8, 4) is 0 Å². The van der Waals surface area contributed by atoms with Crippen molar-refractivity contribution < 1.29 is 14.7 Å². The highest BCUT2D eigenvalue weighted by atomic mass is 16.4. The van der Waals surface area contributed by atoms with E-state index in [0.717, 1.165) is 19.8 Å². The molecule has 0 radical (unpaired) electrons. The summed E-state index contributed by atoms with van der Waals surface area (Å²) in [6.07, 6.45) is 3.14. The number of hydrogen-bond acceptors (Lipinski definition) is 2. The maximum atomic E-state index is 11.5. The SMILES string of the molecule is CC(=O)O.CC1CCC(C(C)(C)C)CC1=O. The Hall–Kier alpha value is -0.860. The third-order valence-electron chi connectivity index (χ3n) is 3.17. The van der Waals surface area contributed by atoms with Crippen LogP contribution in [-0.4, -0.2) is 16.9 Å². The summed E-state index contributed by atoms with van der Waals surface area (Å²) in [5.41, 5.74) is 0.315. The van der Waals surface area contributed by atoms with Gasteiger partial charge in [-0.2, -0.15) is 0 Å². The Kier molecular flexibility index (Phi) is 5.70. The largest absolute Gasteiger partial charge is 0.481 e. The normalized spacial score (nSPS) is 25.7. The summed E-state index contributed by atoms with van der Waals surface area (Å²) in [6, 6.07) is 0. The van der Waals surface area contributed by atoms with Crippen molar-refractivity contribution in [1.29, 1.82) is 0 Å². The second kappa shape index (κ2) is 6.02. The molecule has 1 fully saturated rings. The van der Waals surface area contributed by atoms with E-state index in [0.29, 0.717) is 23.0 Å². The maximum absolute atomic E-state index is 11.5. The molecule has 2 unspecified atom stereocenters. The van der Waals surface area contributed by atoms with E-state index >= 15 is 0 Å². The van der Waals surface area contributed by atoms with Crippen LogP contribution in [0.15, 0.2) is 0 Å². The van der Waals surface area contributed by atoms with Crippen LogP contribution in [0.25, 0.3) is 0 Å². The first-order valence-corrected chi connectivity index (χ1v) is 5.86. The van der Waals surface area contributed by atoms with Crippen molar-refractivity contribution in [2.24, 2.45) is 17.3 Å². The van der Waals surface area contributed by atoms with Crippen molar-refractivity contribution in [2.45, 2.75) is 53.9 Å². The number of ketones is 1. The van der Waals surface area contributed by atoms with Gasteiger partial charge in [0.1, 0.15) is 5.78 Å². The van der Waals surface area contributed by atoms with Gasteiger partial charge in [-0.1, -0.05) is 27.7 Å². The Morgan fingerprint density at radius 3 is 2.06 bits per heavy atom. The number of Topliss-reactive ketones (excluding diaryl/α,β-unsaturated/α-hetero) is 1. The molecule has 1 aliphatic carbocycles. The van der Waals surface area contributed by atoms with E-state index in [4.69, 9.17) is 9.90 Å². The number of rotatable bonds is 0. The van der Waals surface area contributed by atoms with Crippen LogP contribution in [0, 0.1) is 17.3 Å². The molecule has 0 aromatic rings. The zero-order valence-electron chi connectivity index (χ0n) is 11.0. The zero-order valence-corrected chi connectivity index (χ0v) is 11.0. The number of carboxylic acid groups (broad SMARTS) is 1. The predicted octanol–water partition coefficient (Wildman–Crippen LogP) is 3.13. The van der Waals surface area contributed by atoms with Gasteiger partial charge < -0.3 is 5.11 Å². The van der Waals surface area contributed by atoms with Crippen LogP contribution in [-0.2, 0) is 9.59 Å². The topological polar surface area (TPSA) is 54.4 Å². The van der Waals surface area contributed by atoms with Gasteiger partial charge >= 0.3 is 0 Å². The van der Waals surface area contributed by atoms with Gasteiger partial charge in [-0.05, 0) is 24.2 Å².